The van der Waals surface area contributed by atoms with Crippen molar-refractivity contribution in [2.45, 2.75) is 46.6 Å². The number of hydrogen-bond acceptors (Lipinski definition) is 10. The van der Waals surface area contributed by atoms with E-state index in [2.05, 4.69) is 27.5 Å². The molecule has 0 unspecified atom stereocenters. The van der Waals surface area contributed by atoms with Gasteiger partial charge in [0.2, 0.25) is 21.6 Å². The number of ether oxygens (including phenoxy) is 1. The van der Waals surface area contributed by atoms with Crippen LogP contribution in [0.1, 0.15) is 12.8 Å². The van der Waals surface area contributed by atoms with Crippen molar-refractivity contribution >= 4 is 58.7 Å². The molecule has 3 fully saturated rings. The first-order chi connectivity index (χ1) is 14.9. The zero-order chi connectivity index (χ0) is 23.4. The van der Waals surface area contributed by atoms with Crippen LogP contribution in [-0.2, 0) is 14.3 Å². The largest absolute Gasteiger partial charge is 0.445 e. The van der Waals surface area contributed by atoms with Gasteiger partial charge in [-0.15, -0.1) is 0 Å². The number of aliphatic imine (C=N–C) groups is 1. The van der Waals surface area contributed by atoms with E-state index in [0.717, 1.165) is 4.90 Å². The molecule has 0 saturated carbocycles. The molecule has 0 bridgehead atoms. The van der Waals surface area contributed by atoms with Crippen LogP contribution >= 0.6 is 34.8 Å². The predicted molar refractivity (Wildman–Crippen MR) is 113 cm³/mol. The number of nitrogens with one attached hydrogen (secondary N) is 3. The van der Waals surface area contributed by atoms with Gasteiger partial charge in [-0.05, 0) is 0 Å². The van der Waals surface area contributed by atoms with Gasteiger partial charge in [0, 0.05) is 12.8 Å². The Kier molecular flexibility index (Phi) is 5.87. The highest BCUT2D eigenvalue weighted by Crippen LogP contribution is 2.40. The molecule has 32 heavy (non-hydrogen) atoms. The summed E-state index contributed by atoms with van der Waals surface area (Å²) in [6.07, 6.45) is -3.31. The fourth-order valence-corrected chi connectivity index (χ4v) is 4.69. The highest BCUT2D eigenvalue weighted by molar-refractivity contribution is 6.67. The number of hydrogen-bond donors (Lipinski definition) is 5. The van der Waals surface area contributed by atoms with Crippen molar-refractivity contribution in [3.8, 4) is 0 Å². The second kappa shape index (κ2) is 8.10. The Labute approximate surface area is 197 Å². The van der Waals surface area contributed by atoms with Gasteiger partial charge in [0.15, 0.2) is 5.66 Å². The minimum atomic E-state index is -1.83. The van der Waals surface area contributed by atoms with Crippen LogP contribution in [0, 0.1) is 0 Å². The Bertz CT molecular complexity index is 880. The van der Waals surface area contributed by atoms with Gasteiger partial charge >= 0.3 is 6.09 Å². The normalized spacial score (nSPS) is 34.0. The summed E-state index contributed by atoms with van der Waals surface area (Å²) in [6, 6.07) is -1.49. The van der Waals surface area contributed by atoms with E-state index in [-0.39, 0.29) is 43.7 Å². The van der Waals surface area contributed by atoms with Crippen LogP contribution in [0.15, 0.2) is 17.4 Å². The number of aliphatic hydroxyl groups is 2. The molecule has 4 aliphatic rings. The molecule has 0 radical (unpaired) electrons. The van der Waals surface area contributed by atoms with Crippen LogP contribution in [0.25, 0.3) is 0 Å². The molecule has 12 nitrogen and oxygen atoms in total. The molecule has 0 aliphatic carbocycles. The zero-order valence-corrected chi connectivity index (χ0v) is 18.8. The van der Waals surface area contributed by atoms with Crippen molar-refractivity contribution in [2.75, 3.05) is 19.7 Å². The van der Waals surface area contributed by atoms with E-state index in [1.807, 2.05) is 0 Å². The first-order valence-electron chi connectivity index (χ1n) is 9.71. The quantitative estimate of drug-likeness (QED) is 0.230. The lowest BCUT2D eigenvalue weighted by atomic mass is 9.88. The van der Waals surface area contributed by atoms with Gasteiger partial charge in [-0.1, -0.05) is 41.4 Å². The molecule has 3 amide bonds. The maximum absolute atomic E-state index is 12.3. The summed E-state index contributed by atoms with van der Waals surface area (Å²) in [6.45, 7) is 3.11. The third-order valence-electron chi connectivity index (χ3n) is 5.82. The third-order valence-corrected chi connectivity index (χ3v) is 6.15. The number of nitrogens with zero attached hydrogens (tertiary/aromatic N) is 3. The SMILES string of the molecule is C=C1N[C@H]2[C@H](CN3C(=O)CCC3=O)N=C(NC(=O)OCC(Cl)(Cl)Cl)N3C[C@H](O)[C@H](O)[C@]23N1. The Morgan fingerprint density at radius 2 is 1.97 bits per heavy atom. The molecule has 5 atom stereocenters. The number of alkyl carbamates (subject to hydrolysis) is 1. The van der Waals surface area contributed by atoms with E-state index >= 15 is 0 Å². The van der Waals surface area contributed by atoms with Crippen molar-refractivity contribution in [3.63, 3.8) is 0 Å². The van der Waals surface area contributed by atoms with Crippen LogP contribution in [0.4, 0.5) is 4.79 Å². The van der Waals surface area contributed by atoms with E-state index in [0.29, 0.717) is 5.82 Å². The Balaban J connectivity index is 1.66. The lowest BCUT2D eigenvalue weighted by Gasteiger charge is -2.47. The first kappa shape index (κ1) is 23.2. The molecule has 4 rings (SSSR count). The predicted octanol–water partition coefficient (Wildman–Crippen LogP) is -1.26. The molecule has 1 spiro atoms. The molecule has 3 saturated heterocycles. The highest BCUT2D eigenvalue weighted by Gasteiger charge is 2.66. The summed E-state index contributed by atoms with van der Waals surface area (Å²) in [4.78, 5) is 43.7. The van der Waals surface area contributed by atoms with E-state index in [1.165, 1.54) is 4.90 Å². The lowest BCUT2D eigenvalue weighted by Crippen LogP contribution is -2.73. The number of likely N-dealkylation sites (tertiary alicyclic amines) is 1. The summed E-state index contributed by atoms with van der Waals surface area (Å²) >= 11 is 16.8. The number of rotatable bonds is 3. The highest BCUT2D eigenvalue weighted by atomic mass is 35.6. The van der Waals surface area contributed by atoms with Gasteiger partial charge in [0.25, 0.3) is 0 Å². The molecule has 176 valence electrons. The number of guanidine groups is 1. The molecule has 4 aliphatic heterocycles. The number of halogens is 3. The summed E-state index contributed by atoms with van der Waals surface area (Å²) in [5, 5.41) is 29.8. The van der Waals surface area contributed by atoms with Crippen molar-refractivity contribution in [2.24, 2.45) is 4.99 Å². The molecule has 15 heteroatoms. The molecule has 0 aromatic rings. The van der Waals surface area contributed by atoms with Crippen molar-refractivity contribution < 1.29 is 29.3 Å². The Hall–Kier alpha value is -1.99. The Morgan fingerprint density at radius 3 is 2.59 bits per heavy atom. The minimum absolute atomic E-state index is 0.0562. The zero-order valence-electron chi connectivity index (χ0n) is 16.6. The first-order valence-corrected chi connectivity index (χ1v) is 10.8. The van der Waals surface area contributed by atoms with Gasteiger partial charge in [-0.25, -0.2) is 9.79 Å². The standard InChI is InChI=1S/C17H21Cl3N6O6/c1-7-21-12-8(4-25-10(28)2-3-11(25)29)22-14(23-15(31)32-6-16(18,19)20)26-5-9(27)13(30)17(12,26)24-7/h8-9,12-13,21,24,27,30H,1-6H2,(H,22,23,31)/t8-,9-,12-,13-,17-/m0/s1. The molecular formula is C17H21Cl3N6O6. The summed E-state index contributed by atoms with van der Waals surface area (Å²) in [5.74, 6) is -0.392. The number of carbonyl (C=O) groups is 3. The summed E-state index contributed by atoms with van der Waals surface area (Å²) in [7, 11) is 0. The lowest BCUT2D eigenvalue weighted by molar-refractivity contribution is -0.139. The Morgan fingerprint density at radius 1 is 1.31 bits per heavy atom. The topological polar surface area (TPSA) is 156 Å². The van der Waals surface area contributed by atoms with Gasteiger partial charge < -0.3 is 30.5 Å². The number of aliphatic hydroxyl groups excluding tert-OH is 2. The number of alkyl halides is 3. The van der Waals surface area contributed by atoms with Crippen molar-refractivity contribution in [1.82, 2.24) is 25.8 Å². The van der Waals surface area contributed by atoms with Crippen molar-refractivity contribution in [1.29, 1.82) is 0 Å². The number of carbonyl (C=O) groups excluding carboxylic acids is 3. The number of amides is 3. The van der Waals surface area contributed by atoms with E-state index in [1.54, 1.807) is 0 Å². The average molecular weight is 512 g/mol. The maximum atomic E-state index is 12.3. The van der Waals surface area contributed by atoms with E-state index in [9.17, 15) is 24.6 Å². The fraction of sp³-hybridized carbons (Fsp3) is 0.647. The van der Waals surface area contributed by atoms with Gasteiger partial charge in [0.1, 0.15) is 18.8 Å². The number of imide groups is 1. The summed E-state index contributed by atoms with van der Waals surface area (Å²) in [5.41, 5.74) is -1.35. The van der Waals surface area contributed by atoms with Crippen LogP contribution in [0.5, 0.6) is 0 Å². The fourth-order valence-electron chi connectivity index (χ4n) is 4.52. The minimum Gasteiger partial charge on any atom is -0.445 e. The van der Waals surface area contributed by atoms with Crippen LogP contribution in [0.3, 0.4) is 0 Å². The second-order valence-corrected chi connectivity index (χ2v) is 10.4. The molecule has 5 N–H and O–H groups in total. The molecular weight excluding hydrogens is 491 g/mol. The van der Waals surface area contributed by atoms with Crippen LogP contribution in [0.2, 0.25) is 0 Å². The van der Waals surface area contributed by atoms with Crippen LogP contribution < -0.4 is 16.0 Å². The molecule has 0 aromatic heterocycles. The van der Waals surface area contributed by atoms with E-state index < -0.39 is 46.4 Å². The molecule has 4 heterocycles. The van der Waals surface area contributed by atoms with Gasteiger partial charge in [-0.2, -0.15) is 0 Å². The van der Waals surface area contributed by atoms with Crippen LogP contribution in [-0.4, -0.2) is 97.3 Å². The smallest absolute Gasteiger partial charge is 0.414 e. The second-order valence-electron chi connectivity index (χ2n) is 7.91. The average Bonchev–Trinajstić information content (AvgIpc) is 3.30. The van der Waals surface area contributed by atoms with Gasteiger partial charge in [-0.3, -0.25) is 19.8 Å². The maximum Gasteiger partial charge on any atom is 0.414 e. The third kappa shape index (κ3) is 3.94. The van der Waals surface area contributed by atoms with Crippen molar-refractivity contribution in [3.05, 3.63) is 12.4 Å². The molecule has 0 aromatic carbocycles. The monoisotopic (exact) mass is 510 g/mol. The summed E-state index contributed by atoms with van der Waals surface area (Å²) < 4.78 is 3.07. The van der Waals surface area contributed by atoms with Gasteiger partial charge in [0.05, 0.1) is 31.0 Å². The van der Waals surface area contributed by atoms with E-state index in [4.69, 9.17) is 39.5 Å².